The van der Waals surface area contributed by atoms with Gasteiger partial charge in [-0.3, -0.25) is 34.2 Å². The van der Waals surface area contributed by atoms with E-state index in [9.17, 15) is 28.8 Å². The van der Waals surface area contributed by atoms with Crippen molar-refractivity contribution in [3.63, 3.8) is 0 Å². The molecule has 346 valence electrons. The van der Waals surface area contributed by atoms with Crippen molar-refractivity contribution >= 4 is 52.7 Å². The van der Waals surface area contributed by atoms with Gasteiger partial charge in [0.2, 0.25) is 17.7 Å². The fraction of sp³-hybridized carbons (Fsp3) is 0.457. The quantitative estimate of drug-likeness (QED) is 0.124. The summed E-state index contributed by atoms with van der Waals surface area (Å²) in [7, 11) is 4.79. The van der Waals surface area contributed by atoms with Gasteiger partial charge in [0.1, 0.15) is 6.04 Å². The zero-order chi connectivity index (χ0) is 46.0. The average Bonchev–Trinajstić information content (AvgIpc) is 3.46. The molecule has 3 aromatic rings. The number of urea groups is 1. The first-order valence-corrected chi connectivity index (χ1v) is 21.8. The van der Waals surface area contributed by atoms with Crippen molar-refractivity contribution in [1.82, 2.24) is 25.4 Å². The number of hydrogen-bond acceptors (Lipinski definition) is 14. The first-order chi connectivity index (χ1) is 31.5. The van der Waals surface area contributed by atoms with Crippen molar-refractivity contribution in [2.24, 2.45) is 5.10 Å². The van der Waals surface area contributed by atoms with Crippen LogP contribution in [0.1, 0.15) is 63.6 Å². The van der Waals surface area contributed by atoms with Gasteiger partial charge < -0.3 is 44.1 Å². The first kappa shape index (κ1) is 46.4. The van der Waals surface area contributed by atoms with Crippen LogP contribution in [0.4, 0.5) is 16.2 Å². The van der Waals surface area contributed by atoms with Gasteiger partial charge in [-0.25, -0.2) is 9.80 Å². The molecule has 4 heterocycles. The molecule has 0 bridgehead atoms. The minimum atomic E-state index is -1.01. The van der Waals surface area contributed by atoms with E-state index in [-0.39, 0.29) is 48.4 Å². The van der Waals surface area contributed by atoms with E-state index in [1.807, 2.05) is 48.2 Å². The molecule has 0 radical (unpaired) electrons. The second-order valence-corrected chi connectivity index (χ2v) is 15.9. The summed E-state index contributed by atoms with van der Waals surface area (Å²) < 4.78 is 28.1. The molecular weight excluding hydrogens is 841 g/mol. The third-order valence-electron chi connectivity index (χ3n) is 11.8. The summed E-state index contributed by atoms with van der Waals surface area (Å²) >= 11 is 0. The highest BCUT2D eigenvalue weighted by Crippen LogP contribution is 2.35. The van der Waals surface area contributed by atoms with Crippen LogP contribution in [0.3, 0.4) is 0 Å². The SMILES string of the molecule is CNC(=O)N1N=C(c2ccc(N3CCN(C(=O)CCOCCOCCOCCNc4ccc5c(c4)C(=O)N(C4CCC(=O)NC4=O)C5=O)CC3)cc2)c2cc(OC)c(OC)cc2C[C@@H]1C. The maximum Gasteiger partial charge on any atom is 0.337 e. The van der Waals surface area contributed by atoms with Crippen molar-refractivity contribution in [1.29, 1.82) is 0 Å². The highest BCUT2D eigenvalue weighted by molar-refractivity contribution is 6.23. The van der Waals surface area contributed by atoms with E-state index >= 15 is 0 Å². The molecular formula is C46H56N8O11. The van der Waals surface area contributed by atoms with Crippen molar-refractivity contribution < 1.29 is 52.5 Å². The Morgan fingerprint density at radius 3 is 2.12 bits per heavy atom. The average molecular weight is 897 g/mol. The lowest BCUT2D eigenvalue weighted by Crippen LogP contribution is -2.54. The summed E-state index contributed by atoms with van der Waals surface area (Å²) in [6.07, 6.45) is 1.02. The topological polar surface area (TPSA) is 210 Å². The normalized spacial score (nSPS) is 18.4. The van der Waals surface area contributed by atoms with Crippen LogP contribution in [-0.2, 0) is 35.0 Å². The van der Waals surface area contributed by atoms with Gasteiger partial charge in [-0.15, -0.1) is 0 Å². The number of ether oxygens (including phenoxy) is 5. The molecule has 4 aliphatic heterocycles. The van der Waals surface area contributed by atoms with E-state index in [2.05, 4.69) is 20.9 Å². The highest BCUT2D eigenvalue weighted by atomic mass is 16.5. The van der Waals surface area contributed by atoms with Gasteiger partial charge in [-0.05, 0) is 67.8 Å². The van der Waals surface area contributed by atoms with Crippen LogP contribution in [0.5, 0.6) is 11.5 Å². The summed E-state index contributed by atoms with van der Waals surface area (Å²) in [5.74, 6) is -0.942. The van der Waals surface area contributed by atoms with Crippen molar-refractivity contribution in [2.75, 3.05) is 104 Å². The molecule has 0 aromatic heterocycles. The number of piperidine rings is 1. The second-order valence-electron chi connectivity index (χ2n) is 15.9. The van der Waals surface area contributed by atoms with Crippen molar-refractivity contribution in [3.8, 4) is 11.5 Å². The maximum atomic E-state index is 13.0. The van der Waals surface area contributed by atoms with Crippen molar-refractivity contribution in [2.45, 2.75) is 44.7 Å². The molecule has 2 fully saturated rings. The van der Waals surface area contributed by atoms with Crippen LogP contribution in [-0.4, -0.2) is 162 Å². The Labute approximate surface area is 377 Å². The van der Waals surface area contributed by atoms with Gasteiger partial charge in [-0.1, -0.05) is 12.1 Å². The number of nitrogens with zero attached hydrogens (tertiary/aromatic N) is 5. The van der Waals surface area contributed by atoms with E-state index in [0.29, 0.717) is 102 Å². The van der Waals surface area contributed by atoms with E-state index in [1.54, 1.807) is 39.5 Å². The molecule has 7 amide bonds. The third kappa shape index (κ3) is 10.7. The summed E-state index contributed by atoms with van der Waals surface area (Å²) in [6, 6.07) is 15.3. The molecule has 19 nitrogen and oxygen atoms in total. The van der Waals surface area contributed by atoms with Gasteiger partial charge in [-0.2, -0.15) is 5.10 Å². The van der Waals surface area contributed by atoms with Crippen molar-refractivity contribution in [3.05, 3.63) is 82.4 Å². The van der Waals surface area contributed by atoms with E-state index in [0.717, 1.165) is 27.3 Å². The van der Waals surface area contributed by atoms with Crippen LogP contribution >= 0.6 is 0 Å². The Balaban J connectivity index is 0.767. The molecule has 4 aliphatic rings. The zero-order valence-electron chi connectivity index (χ0n) is 37.2. The predicted molar refractivity (Wildman–Crippen MR) is 239 cm³/mol. The number of imide groups is 2. The van der Waals surface area contributed by atoms with Gasteiger partial charge in [0.25, 0.3) is 11.8 Å². The molecule has 0 saturated carbocycles. The van der Waals surface area contributed by atoms with Crippen LogP contribution in [0.15, 0.2) is 59.7 Å². The second kappa shape index (κ2) is 21.4. The van der Waals surface area contributed by atoms with Crippen LogP contribution < -0.4 is 30.3 Å². The Bertz CT molecular complexity index is 2300. The Kier molecular flexibility index (Phi) is 15.3. The summed E-state index contributed by atoms with van der Waals surface area (Å²) in [5.41, 5.74) is 5.44. The number of methoxy groups -OCH3 is 2. The smallest absolute Gasteiger partial charge is 0.337 e. The number of amides is 7. The van der Waals surface area contributed by atoms with Gasteiger partial charge in [0, 0.05) is 68.7 Å². The summed E-state index contributed by atoms with van der Waals surface area (Å²) in [5, 5.41) is 14.4. The summed E-state index contributed by atoms with van der Waals surface area (Å²) in [4.78, 5) is 80.7. The lowest BCUT2D eigenvalue weighted by molar-refractivity contribution is -0.136. The standard InChI is InChI=1S/C46H56N8O11/c1-29-25-31-26-38(61-3)39(62-4)28-35(31)42(50-54(29)46(60)47-2)30-5-8-33(9-6-30)51-15-17-52(18-16-51)41(56)13-19-63-21-23-65-24-22-64-20-14-48-32-7-10-34-36(27-32)45(59)53(44(34)58)37-11-12-40(55)49-43(37)57/h5-10,26-29,37,48H,11-25H2,1-4H3,(H,47,60)(H,49,55,57)/t29-,37?/m0/s1. The molecule has 3 aromatic carbocycles. The lowest BCUT2D eigenvalue weighted by atomic mass is 9.94. The Morgan fingerprint density at radius 2 is 1.45 bits per heavy atom. The number of nitrogens with one attached hydrogen (secondary N) is 3. The van der Waals surface area contributed by atoms with Gasteiger partial charge >= 0.3 is 6.03 Å². The number of fused-ring (bicyclic) bond motifs is 2. The van der Waals surface area contributed by atoms with E-state index < -0.39 is 29.7 Å². The molecule has 2 saturated heterocycles. The Morgan fingerprint density at radius 1 is 0.785 bits per heavy atom. The molecule has 1 unspecified atom stereocenters. The molecule has 19 heteroatoms. The zero-order valence-corrected chi connectivity index (χ0v) is 37.2. The van der Waals surface area contributed by atoms with E-state index in [1.165, 1.54) is 5.01 Å². The molecule has 0 aliphatic carbocycles. The molecule has 0 spiro atoms. The fourth-order valence-electron chi connectivity index (χ4n) is 8.30. The maximum absolute atomic E-state index is 13.0. The van der Waals surface area contributed by atoms with Gasteiger partial charge in [0.05, 0.1) is 83.2 Å². The van der Waals surface area contributed by atoms with Gasteiger partial charge in [0.15, 0.2) is 11.5 Å². The number of hydrazone groups is 1. The summed E-state index contributed by atoms with van der Waals surface area (Å²) in [6.45, 7) is 7.07. The van der Waals surface area contributed by atoms with Crippen LogP contribution in [0.2, 0.25) is 0 Å². The number of piperazine rings is 1. The number of hydrogen-bond donors (Lipinski definition) is 3. The van der Waals surface area contributed by atoms with E-state index in [4.69, 9.17) is 28.8 Å². The minimum Gasteiger partial charge on any atom is -0.493 e. The number of rotatable bonds is 18. The number of carbonyl (C=O) groups is 6. The predicted octanol–water partition coefficient (Wildman–Crippen LogP) is 2.64. The lowest BCUT2D eigenvalue weighted by Gasteiger charge is -2.36. The van der Waals surface area contributed by atoms with Crippen LogP contribution in [0.25, 0.3) is 0 Å². The molecule has 7 rings (SSSR count). The third-order valence-corrected chi connectivity index (χ3v) is 11.8. The van der Waals surface area contributed by atoms with Crippen LogP contribution in [0, 0.1) is 0 Å². The monoisotopic (exact) mass is 896 g/mol. The Hall–Kier alpha value is -6.57. The molecule has 3 N–H and O–H groups in total. The number of anilines is 2. The first-order valence-electron chi connectivity index (χ1n) is 21.8. The molecule has 2 atom stereocenters. The molecule has 65 heavy (non-hydrogen) atoms. The number of benzene rings is 3. The number of carbonyl (C=O) groups excluding carboxylic acids is 6. The highest BCUT2D eigenvalue weighted by Gasteiger charge is 2.44. The fourth-order valence-corrected chi connectivity index (χ4v) is 8.30. The minimum absolute atomic E-state index is 0.0455. The largest absolute Gasteiger partial charge is 0.493 e.